The number of pyridine rings is 1. The summed E-state index contributed by atoms with van der Waals surface area (Å²) in [6, 6.07) is 2.78. The lowest BCUT2D eigenvalue weighted by atomic mass is 10.0. The molecule has 27 heavy (non-hydrogen) atoms. The molecule has 4 N–H and O–H groups in total. The zero-order valence-corrected chi connectivity index (χ0v) is 14.0. The third kappa shape index (κ3) is 3.09. The molecule has 0 unspecified atom stereocenters. The molecule has 0 radical (unpaired) electrons. The summed E-state index contributed by atoms with van der Waals surface area (Å²) in [4.78, 5) is 31.3. The van der Waals surface area contributed by atoms with Gasteiger partial charge in [0.15, 0.2) is 6.10 Å². The smallest absolute Gasteiger partial charge is 0.350 e. The maximum atomic E-state index is 14.2. The van der Waals surface area contributed by atoms with Gasteiger partial charge in [-0.15, -0.1) is 0 Å². The predicted molar refractivity (Wildman–Crippen MR) is 86.9 cm³/mol. The van der Waals surface area contributed by atoms with Crippen LogP contribution in [-0.2, 0) is 4.74 Å². The van der Waals surface area contributed by atoms with Crippen molar-refractivity contribution in [3.05, 3.63) is 46.3 Å². The van der Waals surface area contributed by atoms with E-state index in [9.17, 15) is 23.5 Å². The molecule has 2 aromatic rings. The molecule has 9 nitrogen and oxygen atoms in total. The number of nitrogens with zero attached hydrogens (tertiary/aromatic N) is 3. The summed E-state index contributed by atoms with van der Waals surface area (Å²) >= 11 is 0. The van der Waals surface area contributed by atoms with Crippen molar-refractivity contribution in [3.63, 3.8) is 0 Å². The van der Waals surface area contributed by atoms with Crippen molar-refractivity contribution in [1.82, 2.24) is 14.5 Å². The SMILES string of the molecule is Cc1c(-c2ccn([C@@H]3O[C@H](CO)[C@@H](O)C3(F)F)c(=O)n2)ccnc1C(N)=O. The number of carbonyl (C=O) groups excluding carboxylic acids is 1. The molecule has 0 bridgehead atoms. The summed E-state index contributed by atoms with van der Waals surface area (Å²) < 4.78 is 33.9. The van der Waals surface area contributed by atoms with E-state index in [1.165, 1.54) is 18.3 Å². The van der Waals surface area contributed by atoms with E-state index in [2.05, 4.69) is 9.97 Å². The molecule has 2 aromatic heterocycles. The molecule has 1 aliphatic rings. The Morgan fingerprint density at radius 3 is 2.70 bits per heavy atom. The number of aromatic nitrogens is 3. The largest absolute Gasteiger partial charge is 0.394 e. The number of aliphatic hydroxyl groups excluding tert-OH is 2. The maximum absolute atomic E-state index is 14.2. The molecule has 0 aliphatic carbocycles. The second-order valence-corrected chi connectivity index (χ2v) is 6.03. The Morgan fingerprint density at radius 2 is 2.15 bits per heavy atom. The highest BCUT2D eigenvalue weighted by Gasteiger charge is 2.59. The van der Waals surface area contributed by atoms with Gasteiger partial charge < -0.3 is 20.7 Å². The van der Waals surface area contributed by atoms with E-state index >= 15 is 0 Å². The van der Waals surface area contributed by atoms with Gasteiger partial charge in [-0.2, -0.15) is 13.8 Å². The summed E-state index contributed by atoms with van der Waals surface area (Å²) in [5.74, 6) is -4.56. The number of carbonyl (C=O) groups is 1. The van der Waals surface area contributed by atoms with Gasteiger partial charge in [-0.25, -0.2) is 4.79 Å². The number of halogens is 2. The first-order valence-electron chi connectivity index (χ1n) is 7.85. The van der Waals surface area contributed by atoms with Crippen molar-refractivity contribution in [2.24, 2.45) is 5.73 Å². The number of hydrogen-bond acceptors (Lipinski definition) is 7. The predicted octanol–water partition coefficient (Wildman–Crippen LogP) is -0.401. The molecule has 0 aromatic carbocycles. The fourth-order valence-corrected chi connectivity index (χ4v) is 2.92. The normalized spacial score (nSPS) is 24.1. The van der Waals surface area contributed by atoms with Crippen LogP contribution >= 0.6 is 0 Å². The minimum atomic E-state index is -3.80. The molecular formula is C16H16F2N4O5. The molecule has 1 aliphatic heterocycles. The Labute approximate surface area is 151 Å². The topological polar surface area (TPSA) is 141 Å². The van der Waals surface area contributed by atoms with E-state index < -0.39 is 42.6 Å². The number of amides is 1. The van der Waals surface area contributed by atoms with Gasteiger partial charge in [-0.1, -0.05) is 0 Å². The van der Waals surface area contributed by atoms with Crippen molar-refractivity contribution in [3.8, 4) is 11.3 Å². The first-order valence-corrected chi connectivity index (χ1v) is 7.85. The molecule has 3 heterocycles. The van der Waals surface area contributed by atoms with Gasteiger partial charge >= 0.3 is 11.6 Å². The van der Waals surface area contributed by atoms with Crippen LogP contribution in [0.1, 0.15) is 22.3 Å². The van der Waals surface area contributed by atoms with Gasteiger partial charge in [-0.3, -0.25) is 14.3 Å². The van der Waals surface area contributed by atoms with Crippen molar-refractivity contribution in [2.45, 2.75) is 31.3 Å². The van der Waals surface area contributed by atoms with Crippen LogP contribution in [0.4, 0.5) is 8.78 Å². The Hall–Kier alpha value is -2.76. The van der Waals surface area contributed by atoms with Crippen LogP contribution in [0.15, 0.2) is 29.3 Å². The fraction of sp³-hybridized carbons (Fsp3) is 0.375. The van der Waals surface area contributed by atoms with Crippen LogP contribution in [0.5, 0.6) is 0 Å². The fourth-order valence-electron chi connectivity index (χ4n) is 2.92. The van der Waals surface area contributed by atoms with Gasteiger partial charge in [0.2, 0.25) is 6.23 Å². The van der Waals surface area contributed by atoms with Gasteiger partial charge in [0.05, 0.1) is 12.3 Å². The average molecular weight is 382 g/mol. The van der Waals surface area contributed by atoms with Crippen LogP contribution in [0.25, 0.3) is 11.3 Å². The van der Waals surface area contributed by atoms with E-state index in [1.807, 2.05) is 0 Å². The zero-order valence-electron chi connectivity index (χ0n) is 14.0. The first-order chi connectivity index (χ1) is 12.7. The molecule has 0 saturated carbocycles. The van der Waals surface area contributed by atoms with Crippen molar-refractivity contribution in [1.29, 1.82) is 0 Å². The van der Waals surface area contributed by atoms with E-state index in [-0.39, 0.29) is 11.4 Å². The highest BCUT2D eigenvalue weighted by Crippen LogP contribution is 2.42. The number of rotatable bonds is 4. The molecule has 11 heteroatoms. The zero-order chi connectivity index (χ0) is 19.9. The monoisotopic (exact) mass is 382 g/mol. The first kappa shape index (κ1) is 19.0. The summed E-state index contributed by atoms with van der Waals surface area (Å²) in [6.07, 6.45) is -3.55. The van der Waals surface area contributed by atoms with Crippen LogP contribution in [0.3, 0.4) is 0 Å². The Kier molecular flexibility index (Phi) is 4.76. The lowest BCUT2D eigenvalue weighted by Gasteiger charge is -2.21. The van der Waals surface area contributed by atoms with Crippen molar-refractivity contribution >= 4 is 5.91 Å². The van der Waals surface area contributed by atoms with Crippen molar-refractivity contribution in [2.75, 3.05) is 6.61 Å². The summed E-state index contributed by atoms with van der Waals surface area (Å²) in [5, 5.41) is 18.6. The summed E-state index contributed by atoms with van der Waals surface area (Å²) in [5.41, 5.74) is 5.07. The van der Waals surface area contributed by atoms with Crippen molar-refractivity contribution < 1.29 is 28.5 Å². The van der Waals surface area contributed by atoms with Gasteiger partial charge in [0.1, 0.15) is 11.8 Å². The lowest BCUT2D eigenvalue weighted by molar-refractivity contribution is -0.140. The van der Waals surface area contributed by atoms with Crippen LogP contribution < -0.4 is 11.4 Å². The number of nitrogens with two attached hydrogens (primary N) is 1. The Morgan fingerprint density at radius 1 is 1.44 bits per heavy atom. The maximum Gasteiger partial charge on any atom is 0.350 e. The molecule has 0 spiro atoms. The quantitative estimate of drug-likeness (QED) is 0.653. The Bertz CT molecular complexity index is 949. The number of ether oxygens (including phenoxy) is 1. The van der Waals surface area contributed by atoms with E-state index in [0.29, 0.717) is 15.7 Å². The molecule has 144 valence electrons. The Balaban J connectivity index is 2.02. The standard InChI is InChI=1S/C16H16F2N4O5/c1-7-8(2-4-20-11(7)13(19)25)9-3-5-22(15(26)21-9)14-16(17,18)12(24)10(6-23)27-14/h2-5,10,12,14,23-24H,6H2,1H3,(H2,19,25)/t10-,12-,14-/m1/s1. The molecular weight excluding hydrogens is 366 g/mol. The van der Waals surface area contributed by atoms with Crippen LogP contribution in [-0.4, -0.2) is 55.4 Å². The lowest BCUT2D eigenvalue weighted by Crippen LogP contribution is -2.41. The van der Waals surface area contributed by atoms with Gasteiger partial charge in [-0.05, 0) is 24.6 Å². The highest BCUT2D eigenvalue weighted by molar-refractivity contribution is 5.94. The van der Waals surface area contributed by atoms with E-state index in [0.717, 1.165) is 6.20 Å². The average Bonchev–Trinajstić information content (AvgIpc) is 2.84. The number of hydrogen-bond donors (Lipinski definition) is 3. The highest BCUT2D eigenvalue weighted by atomic mass is 19.3. The van der Waals surface area contributed by atoms with Gasteiger partial charge in [0, 0.05) is 18.0 Å². The minimum absolute atomic E-state index is 0.00181. The number of alkyl halides is 2. The molecule has 1 fully saturated rings. The second kappa shape index (κ2) is 6.76. The minimum Gasteiger partial charge on any atom is -0.394 e. The van der Waals surface area contributed by atoms with Crippen LogP contribution in [0, 0.1) is 6.92 Å². The van der Waals surface area contributed by atoms with E-state index in [4.69, 9.17) is 15.6 Å². The number of aliphatic hydroxyl groups is 2. The summed E-state index contributed by atoms with van der Waals surface area (Å²) in [6.45, 7) is 0.728. The molecule has 1 saturated heterocycles. The van der Waals surface area contributed by atoms with E-state index in [1.54, 1.807) is 6.92 Å². The van der Waals surface area contributed by atoms with Gasteiger partial charge in [0.25, 0.3) is 5.91 Å². The third-order valence-electron chi connectivity index (χ3n) is 4.36. The number of primary amides is 1. The molecule has 1 amide bonds. The molecule has 3 rings (SSSR count). The second-order valence-electron chi connectivity index (χ2n) is 6.03. The van der Waals surface area contributed by atoms with Crippen LogP contribution in [0.2, 0.25) is 0 Å². The molecule has 3 atom stereocenters. The summed E-state index contributed by atoms with van der Waals surface area (Å²) in [7, 11) is 0. The third-order valence-corrected chi connectivity index (χ3v) is 4.36.